The van der Waals surface area contributed by atoms with Crippen molar-refractivity contribution in [3.05, 3.63) is 0 Å². The first kappa shape index (κ1) is 12.8. The highest BCUT2D eigenvalue weighted by Crippen LogP contribution is 2.12. The van der Waals surface area contributed by atoms with Gasteiger partial charge in [-0.2, -0.15) is 0 Å². The van der Waals surface area contributed by atoms with Crippen molar-refractivity contribution in [1.82, 2.24) is 10.2 Å². The highest BCUT2D eigenvalue weighted by Gasteiger charge is 2.28. The van der Waals surface area contributed by atoms with Gasteiger partial charge < -0.3 is 10.2 Å². The van der Waals surface area contributed by atoms with Crippen molar-refractivity contribution in [2.24, 2.45) is 0 Å². The highest BCUT2D eigenvalue weighted by molar-refractivity contribution is 7.91. The Morgan fingerprint density at radius 2 is 1.94 bits per heavy atom. The van der Waals surface area contributed by atoms with Crippen molar-refractivity contribution in [3.63, 3.8) is 0 Å². The fourth-order valence-corrected chi connectivity index (χ4v) is 3.71. The molecular formula is C11H20N2O3S. The van der Waals surface area contributed by atoms with Gasteiger partial charge in [-0.3, -0.25) is 4.79 Å². The van der Waals surface area contributed by atoms with E-state index < -0.39 is 9.84 Å². The predicted octanol–water partition coefficient (Wildman–Crippen LogP) is -0.224. The van der Waals surface area contributed by atoms with Crippen LogP contribution in [0.15, 0.2) is 0 Å². The summed E-state index contributed by atoms with van der Waals surface area (Å²) in [7, 11) is -2.93. The maximum Gasteiger partial charge on any atom is 0.239 e. The molecule has 1 N–H and O–H groups in total. The molecule has 1 atom stereocenters. The smallest absolute Gasteiger partial charge is 0.239 e. The average Bonchev–Trinajstić information content (AvgIpc) is 2.50. The number of nitrogens with zero attached hydrogens (tertiary/aromatic N) is 1. The molecule has 0 saturated carbocycles. The van der Waals surface area contributed by atoms with Gasteiger partial charge in [0.05, 0.1) is 17.5 Å². The van der Waals surface area contributed by atoms with Crippen molar-refractivity contribution >= 4 is 15.7 Å². The number of carbonyl (C=O) groups is 1. The normalized spacial score (nSPS) is 29.6. The van der Waals surface area contributed by atoms with Gasteiger partial charge in [0.1, 0.15) is 0 Å². The number of carbonyl (C=O) groups excluding carboxylic acids is 1. The van der Waals surface area contributed by atoms with E-state index in [1.807, 2.05) is 0 Å². The second kappa shape index (κ2) is 5.35. The molecule has 0 radical (unpaired) electrons. The van der Waals surface area contributed by atoms with Crippen LogP contribution in [-0.4, -0.2) is 56.4 Å². The van der Waals surface area contributed by atoms with Crippen molar-refractivity contribution in [2.75, 3.05) is 31.1 Å². The monoisotopic (exact) mass is 260 g/mol. The van der Waals surface area contributed by atoms with E-state index in [1.165, 1.54) is 0 Å². The third-order valence-corrected chi connectivity index (χ3v) is 5.19. The predicted molar refractivity (Wildman–Crippen MR) is 65.5 cm³/mol. The van der Waals surface area contributed by atoms with E-state index in [9.17, 15) is 13.2 Å². The first-order valence-corrected chi connectivity index (χ1v) is 8.13. The summed E-state index contributed by atoms with van der Waals surface area (Å²) in [6, 6.07) is -0.0930. The summed E-state index contributed by atoms with van der Waals surface area (Å²) in [4.78, 5) is 13.9. The van der Waals surface area contributed by atoms with E-state index in [2.05, 4.69) is 5.32 Å². The van der Waals surface area contributed by atoms with Crippen LogP contribution in [0.3, 0.4) is 0 Å². The van der Waals surface area contributed by atoms with E-state index in [1.54, 1.807) is 4.90 Å². The highest BCUT2D eigenvalue weighted by atomic mass is 32.2. The molecule has 0 bridgehead atoms. The number of piperidine rings is 1. The maximum atomic E-state index is 12.2. The van der Waals surface area contributed by atoms with Crippen LogP contribution in [-0.2, 0) is 14.6 Å². The van der Waals surface area contributed by atoms with Gasteiger partial charge >= 0.3 is 0 Å². The molecule has 2 aliphatic heterocycles. The molecule has 98 valence electrons. The molecule has 6 heteroatoms. The van der Waals surface area contributed by atoms with Crippen molar-refractivity contribution in [2.45, 2.75) is 31.7 Å². The van der Waals surface area contributed by atoms with Crippen molar-refractivity contribution < 1.29 is 13.2 Å². The van der Waals surface area contributed by atoms with Crippen LogP contribution >= 0.6 is 0 Å². The fraction of sp³-hybridized carbons (Fsp3) is 0.909. The van der Waals surface area contributed by atoms with Gasteiger partial charge in [0.15, 0.2) is 9.84 Å². The Hall–Kier alpha value is -0.620. The first-order chi connectivity index (χ1) is 8.08. The van der Waals surface area contributed by atoms with Crippen LogP contribution in [0.1, 0.15) is 25.7 Å². The second-order valence-electron chi connectivity index (χ2n) is 4.83. The number of hydrogen-bond donors (Lipinski definition) is 1. The minimum absolute atomic E-state index is 0.0850. The molecule has 2 saturated heterocycles. The molecule has 1 unspecified atom stereocenters. The second-order valence-corrected chi connectivity index (χ2v) is 7.14. The van der Waals surface area contributed by atoms with Crippen LogP contribution in [0.5, 0.6) is 0 Å². The first-order valence-electron chi connectivity index (χ1n) is 6.31. The molecule has 2 heterocycles. The lowest BCUT2D eigenvalue weighted by Crippen LogP contribution is -2.49. The zero-order valence-electron chi connectivity index (χ0n) is 10.0. The quantitative estimate of drug-likeness (QED) is 0.707. The molecule has 0 aromatic heterocycles. The molecule has 0 spiro atoms. The topological polar surface area (TPSA) is 66.5 Å². The fourth-order valence-electron chi connectivity index (χ4n) is 2.44. The lowest BCUT2D eigenvalue weighted by molar-refractivity contribution is -0.133. The summed E-state index contributed by atoms with van der Waals surface area (Å²) in [5.41, 5.74) is 0. The lowest BCUT2D eigenvalue weighted by Gasteiger charge is -2.28. The van der Waals surface area contributed by atoms with E-state index in [4.69, 9.17) is 0 Å². The minimum Gasteiger partial charge on any atom is -0.340 e. The van der Waals surface area contributed by atoms with Gasteiger partial charge in [-0.25, -0.2) is 8.42 Å². The molecule has 1 amide bonds. The van der Waals surface area contributed by atoms with Gasteiger partial charge in [0, 0.05) is 13.1 Å². The van der Waals surface area contributed by atoms with Gasteiger partial charge in [-0.05, 0) is 25.8 Å². The van der Waals surface area contributed by atoms with Crippen LogP contribution < -0.4 is 5.32 Å². The number of rotatable bonds is 1. The summed E-state index contributed by atoms with van der Waals surface area (Å²) >= 11 is 0. The third-order valence-electron chi connectivity index (χ3n) is 3.48. The minimum atomic E-state index is -2.93. The average molecular weight is 260 g/mol. The zero-order valence-corrected chi connectivity index (χ0v) is 10.8. The Kier molecular flexibility index (Phi) is 4.04. The zero-order chi connectivity index (χ0) is 12.3. The van der Waals surface area contributed by atoms with Gasteiger partial charge in [0.2, 0.25) is 5.91 Å². The maximum absolute atomic E-state index is 12.2. The molecule has 2 rings (SSSR count). The molecule has 5 nitrogen and oxygen atoms in total. The standard InChI is InChI=1S/C11H20N2O3S/c14-11(10-4-1-2-5-12-10)13-6-3-8-17(15,16)9-7-13/h10,12H,1-9H2. The van der Waals surface area contributed by atoms with Crippen molar-refractivity contribution in [1.29, 1.82) is 0 Å². The van der Waals surface area contributed by atoms with Crippen LogP contribution in [0.2, 0.25) is 0 Å². The largest absolute Gasteiger partial charge is 0.340 e. The summed E-state index contributed by atoms with van der Waals surface area (Å²) < 4.78 is 22.9. The Labute approximate surface area is 102 Å². The molecule has 0 aromatic carbocycles. The molecule has 17 heavy (non-hydrogen) atoms. The summed E-state index contributed by atoms with van der Waals surface area (Å²) in [6.07, 6.45) is 3.65. The van der Waals surface area contributed by atoms with Gasteiger partial charge in [0.25, 0.3) is 0 Å². The Balaban J connectivity index is 1.95. The van der Waals surface area contributed by atoms with E-state index in [0.29, 0.717) is 19.5 Å². The van der Waals surface area contributed by atoms with Gasteiger partial charge in [-0.1, -0.05) is 6.42 Å². The Bertz CT molecular complexity index is 374. The van der Waals surface area contributed by atoms with Crippen LogP contribution in [0.25, 0.3) is 0 Å². The van der Waals surface area contributed by atoms with Crippen LogP contribution in [0, 0.1) is 0 Å². The van der Waals surface area contributed by atoms with Gasteiger partial charge in [-0.15, -0.1) is 0 Å². The summed E-state index contributed by atoms with van der Waals surface area (Å²) in [5, 5.41) is 3.22. The molecule has 2 fully saturated rings. The van der Waals surface area contributed by atoms with E-state index >= 15 is 0 Å². The number of nitrogens with one attached hydrogen (secondary N) is 1. The SMILES string of the molecule is O=C(C1CCCCN1)N1CCCS(=O)(=O)CC1. The van der Waals surface area contributed by atoms with Crippen molar-refractivity contribution in [3.8, 4) is 0 Å². The van der Waals surface area contributed by atoms with Crippen LogP contribution in [0.4, 0.5) is 0 Å². The third kappa shape index (κ3) is 3.42. The molecule has 2 aliphatic rings. The molecular weight excluding hydrogens is 240 g/mol. The summed E-state index contributed by atoms with van der Waals surface area (Å²) in [5.74, 6) is 0.419. The number of sulfone groups is 1. The number of amides is 1. The molecule has 0 aromatic rings. The number of hydrogen-bond acceptors (Lipinski definition) is 4. The summed E-state index contributed by atoms with van der Waals surface area (Å²) in [6.45, 7) is 1.83. The Morgan fingerprint density at radius 3 is 2.65 bits per heavy atom. The molecule has 0 aliphatic carbocycles. The van der Waals surface area contributed by atoms with E-state index in [-0.39, 0.29) is 23.5 Å². The lowest BCUT2D eigenvalue weighted by atomic mass is 10.0. The van der Waals surface area contributed by atoms with E-state index in [0.717, 1.165) is 25.8 Å². The Morgan fingerprint density at radius 1 is 1.12 bits per heavy atom.